The minimum Gasteiger partial charge on any atom is -0.507 e. The molecule has 1 unspecified atom stereocenters. The molecule has 1 atom stereocenters. The summed E-state index contributed by atoms with van der Waals surface area (Å²) < 4.78 is 27.1. The quantitative estimate of drug-likeness (QED) is 0.722. The Morgan fingerprint density at radius 2 is 1.87 bits per heavy atom. The predicted octanol–water partition coefficient (Wildman–Crippen LogP) is 2.04. The van der Waals surface area contributed by atoms with Gasteiger partial charge in [-0.2, -0.15) is 4.31 Å². The van der Waals surface area contributed by atoms with Gasteiger partial charge in [-0.1, -0.05) is 18.2 Å². The van der Waals surface area contributed by atoms with Crippen molar-refractivity contribution in [3.8, 4) is 5.75 Å². The number of aryl methyl sites for hydroxylation is 1. The van der Waals surface area contributed by atoms with Gasteiger partial charge in [0.2, 0.25) is 21.8 Å². The molecule has 0 aliphatic carbocycles. The van der Waals surface area contributed by atoms with E-state index in [2.05, 4.69) is 5.32 Å². The number of thioether (sulfide) groups is 1. The van der Waals surface area contributed by atoms with Crippen LogP contribution in [0.1, 0.15) is 12.0 Å². The molecule has 0 saturated carbocycles. The summed E-state index contributed by atoms with van der Waals surface area (Å²) in [4.78, 5) is 27.5. The highest BCUT2D eigenvalue weighted by Gasteiger charge is 2.34. The second kappa shape index (κ2) is 8.52. The van der Waals surface area contributed by atoms with Crippen LogP contribution < -0.4 is 5.32 Å². The lowest BCUT2D eigenvalue weighted by Crippen LogP contribution is -2.51. The van der Waals surface area contributed by atoms with Gasteiger partial charge in [0.15, 0.2) is 0 Å². The molecule has 4 rings (SSSR count). The van der Waals surface area contributed by atoms with Gasteiger partial charge in [-0.15, -0.1) is 11.8 Å². The topological polar surface area (TPSA) is 107 Å². The summed E-state index contributed by atoms with van der Waals surface area (Å²) in [5.74, 6) is -0.666. The highest BCUT2D eigenvalue weighted by atomic mass is 32.2. The smallest absolute Gasteiger partial charge is 0.246 e. The Bertz CT molecular complexity index is 1130. The van der Waals surface area contributed by atoms with Gasteiger partial charge in [-0.3, -0.25) is 9.59 Å². The molecule has 0 aromatic heterocycles. The van der Waals surface area contributed by atoms with E-state index in [4.69, 9.17) is 0 Å². The van der Waals surface area contributed by atoms with Crippen molar-refractivity contribution < 1.29 is 23.1 Å². The molecule has 2 aromatic carbocycles. The number of sulfonamides is 1. The number of nitrogens with one attached hydrogen (secondary N) is 1. The van der Waals surface area contributed by atoms with Crippen LogP contribution in [0.4, 0.5) is 5.69 Å². The molecule has 8 nitrogen and oxygen atoms in total. The average molecular weight is 462 g/mol. The van der Waals surface area contributed by atoms with Crippen molar-refractivity contribution in [1.29, 1.82) is 0 Å². The molecule has 1 fully saturated rings. The molecular weight excluding hydrogens is 438 g/mol. The van der Waals surface area contributed by atoms with Crippen molar-refractivity contribution >= 4 is 39.3 Å². The Kier molecular flexibility index (Phi) is 5.96. The summed E-state index contributed by atoms with van der Waals surface area (Å²) in [5, 5.41) is 12.3. The number of rotatable bonds is 4. The third-order valence-electron chi connectivity index (χ3n) is 5.39. The van der Waals surface area contributed by atoms with E-state index >= 15 is 0 Å². The van der Waals surface area contributed by atoms with Crippen LogP contribution in [0, 0.1) is 6.92 Å². The zero-order valence-electron chi connectivity index (χ0n) is 16.9. The molecule has 0 bridgehead atoms. The molecule has 2 heterocycles. The van der Waals surface area contributed by atoms with E-state index in [9.17, 15) is 23.1 Å². The molecule has 10 heteroatoms. The van der Waals surface area contributed by atoms with Crippen LogP contribution in [-0.4, -0.2) is 66.0 Å². The number of carbonyl (C=O) groups is 2. The second-order valence-corrected chi connectivity index (χ2v) is 10.7. The largest absolute Gasteiger partial charge is 0.507 e. The van der Waals surface area contributed by atoms with Crippen molar-refractivity contribution in [2.75, 3.05) is 31.5 Å². The van der Waals surface area contributed by atoms with Crippen molar-refractivity contribution in [3.05, 3.63) is 48.0 Å². The van der Waals surface area contributed by atoms with Crippen LogP contribution in [0.2, 0.25) is 0 Å². The fourth-order valence-electron chi connectivity index (χ4n) is 3.66. The fourth-order valence-corrected chi connectivity index (χ4v) is 6.35. The minimum atomic E-state index is -3.86. The molecule has 164 valence electrons. The summed E-state index contributed by atoms with van der Waals surface area (Å²) in [6.07, 6.45) is 0.0518. The minimum absolute atomic E-state index is 0.0518. The lowest BCUT2D eigenvalue weighted by atomic mass is 10.2. The van der Waals surface area contributed by atoms with Gasteiger partial charge >= 0.3 is 0 Å². The van der Waals surface area contributed by atoms with Crippen molar-refractivity contribution in [2.24, 2.45) is 0 Å². The third-order valence-corrected chi connectivity index (χ3v) is 8.59. The first-order chi connectivity index (χ1) is 14.8. The van der Waals surface area contributed by atoms with Gasteiger partial charge in [-0.05, 0) is 36.8 Å². The van der Waals surface area contributed by atoms with Crippen LogP contribution >= 0.6 is 11.8 Å². The SMILES string of the molecule is Cc1ccc(O)c(S(=O)(=O)N2CCN(C(=O)CC3Sc4ccccc4NC3=O)CC2)c1. The molecular formula is C21H23N3O5S2. The molecule has 0 radical (unpaired) electrons. The van der Waals surface area contributed by atoms with E-state index in [0.717, 1.165) is 16.1 Å². The first-order valence-electron chi connectivity index (χ1n) is 9.90. The Balaban J connectivity index is 1.38. The van der Waals surface area contributed by atoms with E-state index in [1.807, 2.05) is 24.3 Å². The summed E-state index contributed by atoms with van der Waals surface area (Å²) >= 11 is 1.37. The van der Waals surface area contributed by atoms with Gasteiger partial charge in [0, 0.05) is 37.5 Å². The van der Waals surface area contributed by atoms with Gasteiger partial charge in [-0.25, -0.2) is 8.42 Å². The number of aromatic hydroxyl groups is 1. The number of hydrogen-bond donors (Lipinski definition) is 2. The van der Waals surface area contributed by atoms with Gasteiger partial charge in [0.25, 0.3) is 0 Å². The van der Waals surface area contributed by atoms with Crippen molar-refractivity contribution in [1.82, 2.24) is 9.21 Å². The summed E-state index contributed by atoms with van der Waals surface area (Å²) in [6.45, 7) is 2.50. The Hall–Kier alpha value is -2.56. The van der Waals surface area contributed by atoms with E-state index < -0.39 is 15.3 Å². The first kappa shape index (κ1) is 21.7. The van der Waals surface area contributed by atoms with E-state index in [-0.39, 0.29) is 55.1 Å². The van der Waals surface area contributed by atoms with E-state index in [0.29, 0.717) is 0 Å². The van der Waals surface area contributed by atoms with Crippen LogP contribution in [0.3, 0.4) is 0 Å². The average Bonchev–Trinajstić information content (AvgIpc) is 2.76. The maximum absolute atomic E-state index is 12.9. The van der Waals surface area contributed by atoms with Crippen molar-refractivity contribution in [3.63, 3.8) is 0 Å². The van der Waals surface area contributed by atoms with Crippen LogP contribution in [0.25, 0.3) is 0 Å². The molecule has 2 aliphatic rings. The number of amides is 2. The lowest BCUT2D eigenvalue weighted by Gasteiger charge is -2.35. The number of nitrogens with zero attached hydrogens (tertiary/aromatic N) is 2. The molecule has 31 heavy (non-hydrogen) atoms. The van der Waals surface area contributed by atoms with Crippen LogP contribution in [0.5, 0.6) is 5.75 Å². The Morgan fingerprint density at radius 1 is 1.16 bits per heavy atom. The Labute approximate surface area is 185 Å². The summed E-state index contributed by atoms with van der Waals surface area (Å²) in [7, 11) is -3.86. The number of hydrogen-bond acceptors (Lipinski definition) is 6. The normalized spacial score (nSPS) is 19.6. The maximum Gasteiger partial charge on any atom is 0.246 e. The third kappa shape index (κ3) is 4.41. The van der Waals surface area contributed by atoms with Crippen LogP contribution in [0.15, 0.2) is 52.3 Å². The molecule has 0 spiro atoms. The fraction of sp³-hybridized carbons (Fsp3) is 0.333. The zero-order chi connectivity index (χ0) is 22.2. The number of phenolic OH excluding ortho intramolecular Hbond substituents is 1. The van der Waals surface area contributed by atoms with Gasteiger partial charge < -0.3 is 15.3 Å². The number of anilines is 1. The number of fused-ring (bicyclic) bond motifs is 1. The molecule has 2 amide bonds. The van der Waals surface area contributed by atoms with Gasteiger partial charge in [0.05, 0.1) is 10.9 Å². The molecule has 2 N–H and O–H groups in total. The predicted molar refractivity (Wildman–Crippen MR) is 118 cm³/mol. The van der Waals surface area contributed by atoms with Crippen LogP contribution in [-0.2, 0) is 19.6 Å². The zero-order valence-corrected chi connectivity index (χ0v) is 18.6. The Morgan fingerprint density at radius 3 is 2.61 bits per heavy atom. The monoisotopic (exact) mass is 461 g/mol. The highest BCUT2D eigenvalue weighted by molar-refractivity contribution is 8.01. The number of carbonyl (C=O) groups excluding carboxylic acids is 2. The molecule has 2 aliphatic heterocycles. The molecule has 2 aromatic rings. The van der Waals surface area contributed by atoms with Gasteiger partial charge in [0.1, 0.15) is 10.6 Å². The lowest BCUT2D eigenvalue weighted by molar-refractivity contribution is -0.133. The summed E-state index contributed by atoms with van der Waals surface area (Å²) in [6, 6.07) is 11.9. The number of phenols is 1. The standard InChI is InChI=1S/C21H23N3O5S2/c1-14-6-7-16(25)19(12-14)31(28,29)24-10-8-23(9-11-24)20(26)13-18-21(27)22-15-4-2-3-5-17(15)30-18/h2-7,12,18,25H,8-11,13H2,1H3,(H,22,27). The first-order valence-corrected chi connectivity index (χ1v) is 12.2. The highest BCUT2D eigenvalue weighted by Crippen LogP contribution is 2.37. The van der Waals surface area contributed by atoms with Crippen molar-refractivity contribution in [2.45, 2.75) is 28.4 Å². The van der Waals surface area contributed by atoms with E-state index in [1.54, 1.807) is 17.9 Å². The maximum atomic E-state index is 12.9. The van der Waals surface area contributed by atoms with E-state index in [1.165, 1.54) is 28.2 Å². The number of piperazine rings is 1. The molecule has 1 saturated heterocycles. The number of para-hydroxylation sites is 1. The second-order valence-electron chi connectivity index (χ2n) is 7.55. The number of benzene rings is 2. The summed E-state index contributed by atoms with van der Waals surface area (Å²) in [5.41, 5.74) is 1.48.